The van der Waals surface area contributed by atoms with E-state index in [1.54, 1.807) is 13.0 Å². The average Bonchev–Trinajstić information content (AvgIpc) is 2.46. The van der Waals surface area contributed by atoms with Crippen LogP contribution in [-0.2, 0) is 4.79 Å². The molecular formula is C15H19FN2O3. The number of hydrogen-bond donors (Lipinski definition) is 1. The van der Waals surface area contributed by atoms with E-state index < -0.39 is 23.4 Å². The number of carbonyl (C=O) groups is 2. The lowest BCUT2D eigenvalue weighted by atomic mass is 9.89. The van der Waals surface area contributed by atoms with Crippen molar-refractivity contribution < 1.29 is 19.1 Å². The highest BCUT2D eigenvalue weighted by Crippen LogP contribution is 2.30. The number of piperidine rings is 1. The van der Waals surface area contributed by atoms with Crippen LogP contribution in [0.5, 0.6) is 0 Å². The van der Waals surface area contributed by atoms with E-state index in [-0.39, 0.29) is 0 Å². The molecule has 1 aliphatic heterocycles. The number of amides is 2. The van der Waals surface area contributed by atoms with E-state index in [1.165, 1.54) is 35.0 Å². The summed E-state index contributed by atoms with van der Waals surface area (Å²) >= 11 is 0. The number of aliphatic carboxylic acids is 1. The number of benzene rings is 1. The first-order chi connectivity index (χ1) is 9.86. The van der Waals surface area contributed by atoms with Crippen molar-refractivity contribution in [3.63, 3.8) is 0 Å². The van der Waals surface area contributed by atoms with E-state index in [0.29, 0.717) is 18.7 Å². The molecule has 0 bridgehead atoms. The van der Waals surface area contributed by atoms with Gasteiger partial charge in [0.15, 0.2) is 0 Å². The number of carbonyl (C=O) groups excluding carboxylic acids is 1. The molecule has 1 heterocycles. The van der Waals surface area contributed by atoms with Crippen molar-refractivity contribution in [1.82, 2.24) is 4.90 Å². The Kier molecular flexibility index (Phi) is 4.16. The molecule has 0 aromatic heterocycles. The molecule has 21 heavy (non-hydrogen) atoms. The molecule has 1 unspecified atom stereocenters. The van der Waals surface area contributed by atoms with E-state index >= 15 is 0 Å². The van der Waals surface area contributed by atoms with Crippen molar-refractivity contribution in [2.45, 2.75) is 31.7 Å². The normalized spacial score (nSPS) is 22.0. The van der Waals surface area contributed by atoms with Gasteiger partial charge in [-0.1, -0.05) is 6.07 Å². The van der Waals surface area contributed by atoms with Gasteiger partial charge in [0.1, 0.15) is 11.4 Å². The van der Waals surface area contributed by atoms with Gasteiger partial charge in [-0.05, 0) is 44.4 Å². The van der Waals surface area contributed by atoms with Gasteiger partial charge in [0.05, 0.1) is 0 Å². The Hall–Kier alpha value is -2.11. The Morgan fingerprint density at radius 2 is 2.10 bits per heavy atom. The van der Waals surface area contributed by atoms with Crippen LogP contribution in [-0.4, -0.2) is 41.1 Å². The molecule has 1 N–H and O–H groups in total. The molecule has 0 radical (unpaired) electrons. The number of halogens is 1. The second-order valence-corrected chi connectivity index (χ2v) is 5.51. The van der Waals surface area contributed by atoms with Crippen LogP contribution in [0.3, 0.4) is 0 Å². The number of likely N-dealkylation sites (tertiary alicyclic amines) is 1. The van der Waals surface area contributed by atoms with Crippen LogP contribution in [0.1, 0.15) is 26.2 Å². The van der Waals surface area contributed by atoms with Crippen molar-refractivity contribution in [3.05, 3.63) is 30.1 Å². The van der Waals surface area contributed by atoms with Gasteiger partial charge in [0.25, 0.3) is 0 Å². The molecule has 1 aromatic rings. The maximum Gasteiger partial charge on any atom is 0.329 e. The SMILES string of the molecule is CN(C(=O)N1CCCCC1(C)C(=O)O)c1cccc(F)c1. The molecule has 5 nitrogen and oxygen atoms in total. The van der Waals surface area contributed by atoms with Gasteiger partial charge in [-0.15, -0.1) is 0 Å². The van der Waals surface area contributed by atoms with E-state index in [0.717, 1.165) is 12.8 Å². The number of urea groups is 1. The fourth-order valence-electron chi connectivity index (χ4n) is 2.63. The summed E-state index contributed by atoms with van der Waals surface area (Å²) in [6.45, 7) is 1.95. The third kappa shape index (κ3) is 2.84. The second kappa shape index (κ2) is 5.71. The van der Waals surface area contributed by atoms with Crippen molar-refractivity contribution >= 4 is 17.7 Å². The number of anilines is 1. The van der Waals surface area contributed by atoms with Gasteiger partial charge in [0, 0.05) is 19.3 Å². The van der Waals surface area contributed by atoms with Crippen molar-refractivity contribution in [2.75, 3.05) is 18.5 Å². The highest BCUT2D eigenvalue weighted by molar-refractivity contribution is 5.95. The molecule has 2 amide bonds. The Morgan fingerprint density at radius 1 is 1.38 bits per heavy atom. The Balaban J connectivity index is 2.27. The summed E-state index contributed by atoms with van der Waals surface area (Å²) in [7, 11) is 1.52. The predicted molar refractivity (Wildman–Crippen MR) is 76.8 cm³/mol. The molecule has 114 valence electrons. The Morgan fingerprint density at radius 3 is 2.71 bits per heavy atom. The zero-order valence-electron chi connectivity index (χ0n) is 12.2. The van der Waals surface area contributed by atoms with Crippen LogP contribution in [0.2, 0.25) is 0 Å². The molecule has 1 aliphatic rings. The van der Waals surface area contributed by atoms with Gasteiger partial charge in [-0.2, -0.15) is 0 Å². The summed E-state index contributed by atoms with van der Waals surface area (Å²) in [5.41, 5.74) is -0.810. The maximum atomic E-state index is 13.3. The third-order valence-corrected chi connectivity index (χ3v) is 4.07. The monoisotopic (exact) mass is 294 g/mol. The van der Waals surface area contributed by atoms with Gasteiger partial charge in [-0.25, -0.2) is 14.0 Å². The molecular weight excluding hydrogens is 275 g/mol. The quantitative estimate of drug-likeness (QED) is 0.912. The molecule has 1 atom stereocenters. The first-order valence-corrected chi connectivity index (χ1v) is 6.90. The number of carboxylic acid groups (broad SMARTS) is 1. The summed E-state index contributed by atoms with van der Waals surface area (Å²) in [5, 5.41) is 9.44. The lowest BCUT2D eigenvalue weighted by Crippen LogP contribution is -2.60. The van der Waals surface area contributed by atoms with Crippen molar-refractivity contribution in [3.8, 4) is 0 Å². The van der Waals surface area contributed by atoms with Gasteiger partial charge in [-0.3, -0.25) is 4.90 Å². The lowest BCUT2D eigenvalue weighted by molar-refractivity contribution is -0.150. The minimum absolute atomic E-state index is 0.390. The zero-order valence-corrected chi connectivity index (χ0v) is 12.2. The fourth-order valence-corrected chi connectivity index (χ4v) is 2.63. The summed E-state index contributed by atoms with van der Waals surface area (Å²) in [5.74, 6) is -1.45. The number of carboxylic acids is 1. The fraction of sp³-hybridized carbons (Fsp3) is 0.467. The van der Waals surface area contributed by atoms with Crippen LogP contribution < -0.4 is 4.90 Å². The first-order valence-electron chi connectivity index (χ1n) is 6.90. The second-order valence-electron chi connectivity index (χ2n) is 5.51. The van der Waals surface area contributed by atoms with Gasteiger partial charge in [0.2, 0.25) is 0 Å². The number of hydrogen-bond acceptors (Lipinski definition) is 2. The molecule has 6 heteroatoms. The molecule has 2 rings (SSSR count). The highest BCUT2D eigenvalue weighted by atomic mass is 19.1. The Bertz CT molecular complexity index is 564. The Labute approximate surface area is 123 Å². The maximum absolute atomic E-state index is 13.3. The lowest BCUT2D eigenvalue weighted by Gasteiger charge is -2.43. The molecule has 0 spiro atoms. The van der Waals surface area contributed by atoms with Crippen LogP contribution in [0.25, 0.3) is 0 Å². The average molecular weight is 294 g/mol. The summed E-state index contributed by atoms with van der Waals surface area (Å²) < 4.78 is 13.3. The predicted octanol–water partition coefficient (Wildman–Crippen LogP) is 2.71. The van der Waals surface area contributed by atoms with E-state index in [9.17, 15) is 19.1 Å². The van der Waals surface area contributed by atoms with Crippen molar-refractivity contribution in [1.29, 1.82) is 0 Å². The smallest absolute Gasteiger partial charge is 0.329 e. The van der Waals surface area contributed by atoms with Gasteiger partial charge >= 0.3 is 12.0 Å². The van der Waals surface area contributed by atoms with Crippen LogP contribution in [0.4, 0.5) is 14.9 Å². The number of nitrogens with zero attached hydrogens (tertiary/aromatic N) is 2. The first kappa shape index (κ1) is 15.3. The van der Waals surface area contributed by atoms with E-state index in [2.05, 4.69) is 0 Å². The van der Waals surface area contributed by atoms with E-state index in [4.69, 9.17) is 0 Å². The van der Waals surface area contributed by atoms with E-state index in [1.807, 2.05) is 0 Å². The molecule has 1 saturated heterocycles. The zero-order chi connectivity index (χ0) is 15.6. The standard InChI is InChI=1S/C15H19FN2O3/c1-15(13(19)20)8-3-4-9-18(15)14(21)17(2)12-7-5-6-11(16)10-12/h5-7,10H,3-4,8-9H2,1-2H3,(H,19,20). The number of rotatable bonds is 2. The molecule has 0 saturated carbocycles. The summed E-state index contributed by atoms with van der Waals surface area (Å²) in [6.07, 6.45) is 1.97. The molecule has 0 aliphatic carbocycles. The minimum atomic E-state index is -1.21. The largest absolute Gasteiger partial charge is 0.480 e. The van der Waals surface area contributed by atoms with Crippen LogP contribution in [0.15, 0.2) is 24.3 Å². The van der Waals surface area contributed by atoms with Crippen molar-refractivity contribution in [2.24, 2.45) is 0 Å². The third-order valence-electron chi connectivity index (χ3n) is 4.07. The van der Waals surface area contributed by atoms with Crippen LogP contribution >= 0.6 is 0 Å². The topological polar surface area (TPSA) is 60.9 Å². The molecule has 1 aromatic carbocycles. The highest BCUT2D eigenvalue weighted by Gasteiger charge is 2.44. The minimum Gasteiger partial charge on any atom is -0.480 e. The van der Waals surface area contributed by atoms with Gasteiger partial charge < -0.3 is 10.0 Å². The van der Waals surface area contributed by atoms with Crippen LogP contribution in [0, 0.1) is 5.82 Å². The molecule has 1 fully saturated rings. The summed E-state index contributed by atoms with van der Waals surface area (Å²) in [6, 6.07) is 5.25. The summed E-state index contributed by atoms with van der Waals surface area (Å²) in [4.78, 5) is 26.8.